The number of nitrogens with one attached hydrogen (secondary N) is 1. The molecule has 0 saturated heterocycles. The molecule has 1 aromatic heterocycles. The molecule has 0 amide bonds. The zero-order valence-corrected chi connectivity index (χ0v) is 11.8. The first kappa shape index (κ1) is 14.5. The van der Waals surface area contributed by atoms with Crippen molar-refractivity contribution in [3.63, 3.8) is 0 Å². The fourth-order valence-corrected chi connectivity index (χ4v) is 2.25. The lowest BCUT2D eigenvalue weighted by Crippen LogP contribution is -2.33. The third-order valence-corrected chi connectivity index (χ3v) is 3.34. The van der Waals surface area contributed by atoms with Gasteiger partial charge in [0.25, 0.3) is 0 Å². The van der Waals surface area contributed by atoms with Crippen LogP contribution in [-0.2, 0) is 18.2 Å². The number of hydrogen-bond acceptors (Lipinski definition) is 3. The average molecular weight is 260 g/mol. The largest absolute Gasteiger partial charge is 0.383 e. The number of halogens is 1. The first-order chi connectivity index (χ1) is 8.10. The van der Waals surface area contributed by atoms with Gasteiger partial charge in [0.1, 0.15) is 0 Å². The molecule has 5 heteroatoms. The van der Waals surface area contributed by atoms with Crippen LogP contribution in [0.4, 0.5) is 0 Å². The van der Waals surface area contributed by atoms with Crippen molar-refractivity contribution < 1.29 is 4.74 Å². The van der Waals surface area contributed by atoms with Crippen LogP contribution in [-0.4, -0.2) is 36.1 Å². The van der Waals surface area contributed by atoms with Crippen LogP contribution in [0.15, 0.2) is 0 Å². The van der Waals surface area contributed by atoms with Crippen LogP contribution < -0.4 is 5.32 Å². The maximum Gasteiger partial charge on any atom is 0.0846 e. The molecule has 0 radical (unpaired) electrons. The Hall–Kier alpha value is -0.580. The van der Waals surface area contributed by atoms with Crippen molar-refractivity contribution in [1.82, 2.24) is 15.1 Å². The predicted molar refractivity (Wildman–Crippen MR) is 70.6 cm³/mol. The van der Waals surface area contributed by atoms with E-state index in [0.717, 1.165) is 42.4 Å². The van der Waals surface area contributed by atoms with Crippen molar-refractivity contribution >= 4 is 11.6 Å². The van der Waals surface area contributed by atoms with Gasteiger partial charge in [-0.05, 0) is 26.3 Å². The fourth-order valence-electron chi connectivity index (χ4n) is 2.00. The van der Waals surface area contributed by atoms with E-state index in [-0.39, 0.29) is 0 Å². The highest BCUT2D eigenvalue weighted by Gasteiger charge is 2.13. The number of aromatic nitrogens is 2. The molecule has 0 aromatic carbocycles. The maximum absolute atomic E-state index is 6.22. The maximum atomic E-state index is 6.22. The third kappa shape index (κ3) is 3.98. The van der Waals surface area contributed by atoms with Crippen LogP contribution in [0, 0.1) is 6.92 Å². The highest BCUT2D eigenvalue weighted by Crippen LogP contribution is 2.21. The summed E-state index contributed by atoms with van der Waals surface area (Å²) in [6.07, 6.45) is 1.91. The van der Waals surface area contributed by atoms with E-state index in [1.807, 2.05) is 18.7 Å². The van der Waals surface area contributed by atoms with Crippen molar-refractivity contribution in [2.45, 2.75) is 32.7 Å². The number of likely N-dealkylation sites (N-methyl/N-ethyl adjacent to an activating group) is 1. The smallest absolute Gasteiger partial charge is 0.0846 e. The van der Waals surface area contributed by atoms with E-state index in [0.29, 0.717) is 6.04 Å². The second-order valence-corrected chi connectivity index (χ2v) is 4.60. The minimum atomic E-state index is 0.372. The van der Waals surface area contributed by atoms with Gasteiger partial charge in [-0.3, -0.25) is 4.68 Å². The quantitative estimate of drug-likeness (QED) is 0.814. The molecule has 1 aromatic rings. The van der Waals surface area contributed by atoms with Gasteiger partial charge in [0, 0.05) is 20.2 Å². The van der Waals surface area contributed by atoms with Crippen LogP contribution in [0.2, 0.25) is 5.02 Å². The molecular formula is C12H22ClN3O. The standard InChI is InChI=1S/C12H22ClN3O/c1-5-14-10(8-17-4)6-7-11-12(13)9(2)15-16(11)3/h10,14H,5-8H2,1-4H3. The summed E-state index contributed by atoms with van der Waals surface area (Å²) in [4.78, 5) is 0. The minimum Gasteiger partial charge on any atom is -0.383 e. The molecule has 0 aliphatic rings. The number of ether oxygens (including phenoxy) is 1. The Labute approximate surface area is 108 Å². The van der Waals surface area contributed by atoms with Crippen molar-refractivity contribution in [2.24, 2.45) is 7.05 Å². The molecule has 0 saturated carbocycles. The number of aryl methyl sites for hydroxylation is 2. The lowest BCUT2D eigenvalue weighted by Gasteiger charge is -2.16. The fraction of sp³-hybridized carbons (Fsp3) is 0.750. The van der Waals surface area contributed by atoms with Crippen molar-refractivity contribution in [2.75, 3.05) is 20.3 Å². The van der Waals surface area contributed by atoms with E-state index in [9.17, 15) is 0 Å². The van der Waals surface area contributed by atoms with Gasteiger partial charge in [-0.2, -0.15) is 5.10 Å². The Balaban J connectivity index is 2.58. The zero-order valence-electron chi connectivity index (χ0n) is 11.1. The molecule has 0 spiro atoms. The number of hydrogen-bond donors (Lipinski definition) is 1. The summed E-state index contributed by atoms with van der Waals surface area (Å²) in [5, 5.41) is 8.51. The lowest BCUT2D eigenvalue weighted by molar-refractivity contribution is 0.163. The number of methoxy groups -OCH3 is 1. The second-order valence-electron chi connectivity index (χ2n) is 4.22. The normalized spacial score (nSPS) is 13.0. The van der Waals surface area contributed by atoms with Gasteiger partial charge in [-0.25, -0.2) is 0 Å². The van der Waals surface area contributed by atoms with Gasteiger partial charge in [0.05, 0.1) is 23.0 Å². The monoisotopic (exact) mass is 259 g/mol. The van der Waals surface area contributed by atoms with E-state index >= 15 is 0 Å². The Morgan fingerprint density at radius 1 is 1.53 bits per heavy atom. The van der Waals surface area contributed by atoms with Crippen LogP contribution >= 0.6 is 11.6 Å². The van der Waals surface area contributed by atoms with Crippen molar-refractivity contribution in [1.29, 1.82) is 0 Å². The Morgan fingerprint density at radius 2 is 2.24 bits per heavy atom. The first-order valence-corrected chi connectivity index (χ1v) is 6.38. The molecule has 0 aliphatic heterocycles. The highest BCUT2D eigenvalue weighted by molar-refractivity contribution is 6.31. The molecule has 0 aliphatic carbocycles. The topological polar surface area (TPSA) is 39.1 Å². The molecular weight excluding hydrogens is 238 g/mol. The van der Waals surface area contributed by atoms with Gasteiger partial charge < -0.3 is 10.1 Å². The zero-order chi connectivity index (χ0) is 12.8. The predicted octanol–water partition coefficient (Wildman–Crippen LogP) is 1.94. The van der Waals surface area contributed by atoms with E-state index < -0.39 is 0 Å². The Kier molecular flexibility index (Phi) is 5.95. The molecule has 1 N–H and O–H groups in total. The van der Waals surface area contributed by atoms with Crippen LogP contribution in [0.5, 0.6) is 0 Å². The summed E-state index contributed by atoms with van der Waals surface area (Å²) in [6.45, 7) is 5.71. The van der Waals surface area contributed by atoms with Crippen LogP contribution in [0.3, 0.4) is 0 Å². The minimum absolute atomic E-state index is 0.372. The Morgan fingerprint density at radius 3 is 2.71 bits per heavy atom. The van der Waals surface area contributed by atoms with Gasteiger partial charge in [-0.15, -0.1) is 0 Å². The van der Waals surface area contributed by atoms with Crippen molar-refractivity contribution in [3.8, 4) is 0 Å². The summed E-state index contributed by atoms with van der Waals surface area (Å²) in [5.41, 5.74) is 2.00. The van der Waals surface area contributed by atoms with Gasteiger partial charge in [-0.1, -0.05) is 18.5 Å². The molecule has 0 bridgehead atoms. The van der Waals surface area contributed by atoms with Crippen molar-refractivity contribution in [3.05, 3.63) is 16.4 Å². The summed E-state index contributed by atoms with van der Waals surface area (Å²) >= 11 is 6.22. The molecule has 1 rings (SSSR count). The van der Waals surface area contributed by atoms with Gasteiger partial charge in [0.2, 0.25) is 0 Å². The first-order valence-electron chi connectivity index (χ1n) is 6.00. The number of nitrogens with zero attached hydrogens (tertiary/aromatic N) is 2. The summed E-state index contributed by atoms with van der Waals surface area (Å²) in [5.74, 6) is 0. The number of rotatable bonds is 7. The molecule has 0 fully saturated rings. The SMILES string of the molecule is CCNC(CCc1c(Cl)c(C)nn1C)COC. The molecule has 17 heavy (non-hydrogen) atoms. The average Bonchev–Trinajstić information content (AvgIpc) is 2.51. The summed E-state index contributed by atoms with van der Waals surface area (Å²) in [6, 6.07) is 0.372. The third-order valence-electron chi connectivity index (χ3n) is 2.85. The molecule has 1 atom stereocenters. The van der Waals surface area contributed by atoms with Gasteiger partial charge in [0.15, 0.2) is 0 Å². The molecule has 1 unspecified atom stereocenters. The lowest BCUT2D eigenvalue weighted by atomic mass is 10.1. The van der Waals surface area contributed by atoms with Crippen LogP contribution in [0.1, 0.15) is 24.7 Å². The van der Waals surface area contributed by atoms with E-state index in [1.54, 1.807) is 7.11 Å². The molecule has 4 nitrogen and oxygen atoms in total. The second kappa shape index (κ2) is 6.99. The Bertz CT molecular complexity index is 346. The molecule has 1 heterocycles. The summed E-state index contributed by atoms with van der Waals surface area (Å²) in [7, 11) is 3.67. The molecule has 98 valence electrons. The van der Waals surface area contributed by atoms with E-state index in [1.165, 1.54) is 0 Å². The highest BCUT2D eigenvalue weighted by atomic mass is 35.5. The van der Waals surface area contributed by atoms with E-state index in [2.05, 4.69) is 17.3 Å². The van der Waals surface area contributed by atoms with E-state index in [4.69, 9.17) is 16.3 Å². The summed E-state index contributed by atoms with van der Waals surface area (Å²) < 4.78 is 7.06. The van der Waals surface area contributed by atoms with Gasteiger partial charge >= 0.3 is 0 Å². The van der Waals surface area contributed by atoms with Crippen LogP contribution in [0.25, 0.3) is 0 Å².